The fourth-order valence-electron chi connectivity index (χ4n) is 1.81. The maximum Gasteiger partial charge on any atom is 0.250 e. The predicted molar refractivity (Wildman–Crippen MR) is 94.1 cm³/mol. The average Bonchev–Trinajstić information content (AvgIpc) is 2.58. The summed E-state index contributed by atoms with van der Waals surface area (Å²) in [5.41, 5.74) is 2.00. The van der Waals surface area contributed by atoms with E-state index in [2.05, 4.69) is 17.0 Å². The molecular formula is C18H17N3O3. The van der Waals surface area contributed by atoms with E-state index >= 15 is 0 Å². The van der Waals surface area contributed by atoms with Crippen LogP contribution in [0, 0.1) is 0 Å². The lowest BCUT2D eigenvalue weighted by Crippen LogP contribution is -2.14. The number of benzene rings is 2. The molecular weight excluding hydrogens is 306 g/mol. The van der Waals surface area contributed by atoms with Gasteiger partial charge in [0, 0.05) is 16.8 Å². The van der Waals surface area contributed by atoms with Gasteiger partial charge in [-0.15, -0.1) is 0 Å². The van der Waals surface area contributed by atoms with Crippen LogP contribution in [0.15, 0.2) is 65.8 Å². The summed E-state index contributed by atoms with van der Waals surface area (Å²) in [6, 6.07) is 13.3. The summed E-state index contributed by atoms with van der Waals surface area (Å²) < 4.78 is 0. The summed E-state index contributed by atoms with van der Waals surface area (Å²) in [6.07, 6.45) is 1.94. The molecule has 0 aliphatic heterocycles. The van der Waals surface area contributed by atoms with Gasteiger partial charge in [-0.2, -0.15) is 5.10 Å². The monoisotopic (exact) mass is 323 g/mol. The molecule has 2 N–H and O–H groups in total. The van der Waals surface area contributed by atoms with Crippen LogP contribution in [0.25, 0.3) is 0 Å². The molecule has 24 heavy (non-hydrogen) atoms. The molecule has 122 valence electrons. The number of nitrogens with zero attached hydrogens (tertiary/aromatic N) is 2. The molecule has 0 atom stereocenters. The Hall–Kier alpha value is -3.41. The van der Waals surface area contributed by atoms with Crippen molar-refractivity contribution in [3.05, 3.63) is 66.2 Å². The maximum absolute atomic E-state index is 11.6. The molecule has 2 rings (SSSR count). The number of phenolic OH excluding ortho intramolecular Hbond substituents is 1. The summed E-state index contributed by atoms with van der Waals surface area (Å²) in [7, 11) is 0. The molecule has 0 fully saturated rings. The van der Waals surface area contributed by atoms with Gasteiger partial charge in [-0.05, 0) is 43.3 Å². The van der Waals surface area contributed by atoms with Gasteiger partial charge in [-0.1, -0.05) is 18.7 Å². The summed E-state index contributed by atoms with van der Waals surface area (Å²) in [6.45, 7) is 5.18. The van der Waals surface area contributed by atoms with Crippen LogP contribution in [0.3, 0.4) is 0 Å². The molecule has 0 aliphatic carbocycles. The first kappa shape index (κ1) is 17.0. The highest BCUT2D eigenvalue weighted by atomic mass is 16.3. The van der Waals surface area contributed by atoms with E-state index in [1.165, 1.54) is 12.3 Å². The van der Waals surface area contributed by atoms with E-state index in [9.17, 15) is 14.7 Å². The van der Waals surface area contributed by atoms with Crippen molar-refractivity contribution in [1.29, 1.82) is 0 Å². The Morgan fingerprint density at radius 3 is 2.46 bits per heavy atom. The van der Waals surface area contributed by atoms with Crippen molar-refractivity contribution in [2.24, 2.45) is 5.10 Å². The molecule has 6 nitrogen and oxygen atoms in total. The first-order valence-corrected chi connectivity index (χ1v) is 7.14. The third-order valence-electron chi connectivity index (χ3n) is 3.14. The normalized spacial score (nSPS) is 10.4. The van der Waals surface area contributed by atoms with E-state index in [-0.39, 0.29) is 11.7 Å². The van der Waals surface area contributed by atoms with Crippen molar-refractivity contribution < 1.29 is 14.7 Å². The summed E-state index contributed by atoms with van der Waals surface area (Å²) in [5.74, 6) is -0.197. The standard InChI is InChI=1S/C18H17N3O3/c1-13(2)18(24)20-15-7-9-16(10-8-15)21(12-22)19-11-14-5-3-4-6-17(14)23/h3-12,23H,1H2,2H3,(H,20,24). The zero-order valence-electron chi connectivity index (χ0n) is 13.1. The number of hydrazone groups is 1. The third kappa shape index (κ3) is 4.30. The molecule has 0 bridgehead atoms. The number of hydrogen-bond donors (Lipinski definition) is 2. The summed E-state index contributed by atoms with van der Waals surface area (Å²) in [5, 5.41) is 17.5. The van der Waals surface area contributed by atoms with Crippen molar-refractivity contribution in [1.82, 2.24) is 0 Å². The lowest BCUT2D eigenvalue weighted by molar-refractivity contribution is -0.112. The van der Waals surface area contributed by atoms with Crippen LogP contribution in [-0.4, -0.2) is 23.6 Å². The highest BCUT2D eigenvalue weighted by Crippen LogP contribution is 2.18. The Bertz CT molecular complexity index is 782. The first-order valence-electron chi connectivity index (χ1n) is 7.14. The van der Waals surface area contributed by atoms with Crippen molar-refractivity contribution in [3.8, 4) is 5.75 Å². The van der Waals surface area contributed by atoms with Crippen LogP contribution in [0.5, 0.6) is 5.75 Å². The molecule has 0 aliphatic rings. The molecule has 2 amide bonds. The number of rotatable bonds is 6. The highest BCUT2D eigenvalue weighted by Gasteiger charge is 2.06. The Morgan fingerprint density at radius 2 is 1.88 bits per heavy atom. The smallest absolute Gasteiger partial charge is 0.250 e. The predicted octanol–water partition coefficient (Wildman–Crippen LogP) is 2.90. The van der Waals surface area contributed by atoms with Gasteiger partial charge in [0.05, 0.1) is 11.9 Å². The minimum atomic E-state index is -0.271. The molecule has 0 saturated carbocycles. The largest absolute Gasteiger partial charge is 0.507 e. The van der Waals surface area contributed by atoms with Gasteiger partial charge in [0.25, 0.3) is 5.91 Å². The number of phenols is 1. The molecule has 0 unspecified atom stereocenters. The molecule has 0 spiro atoms. The fourth-order valence-corrected chi connectivity index (χ4v) is 1.81. The van der Waals surface area contributed by atoms with Crippen LogP contribution in [0.2, 0.25) is 0 Å². The SMILES string of the molecule is C=C(C)C(=O)Nc1ccc(N(C=O)N=Cc2ccccc2O)cc1. The van der Waals surface area contributed by atoms with E-state index in [1.54, 1.807) is 49.4 Å². The van der Waals surface area contributed by atoms with E-state index in [4.69, 9.17) is 0 Å². The Balaban J connectivity index is 2.13. The van der Waals surface area contributed by atoms with Gasteiger partial charge in [0.15, 0.2) is 0 Å². The van der Waals surface area contributed by atoms with Crippen molar-refractivity contribution in [2.45, 2.75) is 6.92 Å². The lowest BCUT2D eigenvalue weighted by Gasteiger charge is -2.12. The van der Waals surface area contributed by atoms with Crippen molar-refractivity contribution in [3.63, 3.8) is 0 Å². The van der Waals surface area contributed by atoms with Gasteiger partial charge >= 0.3 is 0 Å². The van der Waals surface area contributed by atoms with Crippen LogP contribution in [-0.2, 0) is 9.59 Å². The number of carbonyl (C=O) groups excluding carboxylic acids is 2. The maximum atomic E-state index is 11.6. The molecule has 0 radical (unpaired) electrons. The Labute approximate surface area is 139 Å². The number of para-hydroxylation sites is 1. The van der Waals surface area contributed by atoms with Gasteiger partial charge in [-0.25, -0.2) is 5.01 Å². The summed E-state index contributed by atoms with van der Waals surface area (Å²) >= 11 is 0. The number of nitrogens with one attached hydrogen (secondary N) is 1. The number of amides is 2. The van der Waals surface area contributed by atoms with Crippen LogP contribution in [0.4, 0.5) is 11.4 Å². The van der Waals surface area contributed by atoms with E-state index in [0.29, 0.717) is 28.9 Å². The number of hydrogen-bond acceptors (Lipinski definition) is 4. The third-order valence-corrected chi connectivity index (χ3v) is 3.14. The fraction of sp³-hybridized carbons (Fsp3) is 0.0556. The molecule has 2 aromatic rings. The first-order chi connectivity index (χ1) is 11.5. The number of aromatic hydroxyl groups is 1. The van der Waals surface area contributed by atoms with Crippen LogP contribution >= 0.6 is 0 Å². The van der Waals surface area contributed by atoms with Gasteiger partial charge in [0.2, 0.25) is 6.41 Å². The molecule has 2 aromatic carbocycles. The zero-order valence-corrected chi connectivity index (χ0v) is 13.1. The minimum absolute atomic E-state index is 0.0740. The van der Waals surface area contributed by atoms with E-state index in [1.807, 2.05) is 0 Å². The molecule has 6 heteroatoms. The van der Waals surface area contributed by atoms with E-state index < -0.39 is 0 Å². The van der Waals surface area contributed by atoms with Gasteiger partial charge < -0.3 is 10.4 Å². The topological polar surface area (TPSA) is 82.0 Å². The summed E-state index contributed by atoms with van der Waals surface area (Å²) in [4.78, 5) is 22.8. The Kier molecular flexibility index (Phi) is 5.46. The van der Waals surface area contributed by atoms with E-state index in [0.717, 1.165) is 5.01 Å². The van der Waals surface area contributed by atoms with Crippen molar-refractivity contribution in [2.75, 3.05) is 10.3 Å². The van der Waals surface area contributed by atoms with Crippen LogP contribution in [0.1, 0.15) is 12.5 Å². The molecule has 0 heterocycles. The second-order valence-corrected chi connectivity index (χ2v) is 5.03. The highest BCUT2D eigenvalue weighted by molar-refractivity contribution is 6.02. The molecule has 0 saturated heterocycles. The minimum Gasteiger partial charge on any atom is -0.507 e. The van der Waals surface area contributed by atoms with Crippen LogP contribution < -0.4 is 10.3 Å². The lowest BCUT2D eigenvalue weighted by atomic mass is 10.2. The Morgan fingerprint density at radius 1 is 1.21 bits per heavy atom. The van der Waals surface area contributed by atoms with Gasteiger partial charge in [-0.3, -0.25) is 9.59 Å². The number of anilines is 2. The molecule has 0 aromatic heterocycles. The second kappa shape index (κ2) is 7.73. The van der Waals surface area contributed by atoms with Gasteiger partial charge in [0.1, 0.15) is 5.75 Å². The quantitative estimate of drug-likeness (QED) is 0.371. The number of carbonyl (C=O) groups is 2. The second-order valence-electron chi connectivity index (χ2n) is 5.03. The average molecular weight is 323 g/mol. The zero-order chi connectivity index (χ0) is 17.5. The van der Waals surface area contributed by atoms with Crippen molar-refractivity contribution >= 4 is 29.9 Å².